The monoisotopic (exact) mass is 391 g/mol. The third-order valence-electron chi connectivity index (χ3n) is 4.61. The third kappa shape index (κ3) is 4.01. The van der Waals surface area contributed by atoms with E-state index < -0.39 is 17.7 Å². The highest BCUT2D eigenvalue weighted by Gasteiger charge is 2.30. The number of nitrogens with zero attached hydrogens (tertiary/aromatic N) is 2. The van der Waals surface area contributed by atoms with Crippen molar-refractivity contribution in [2.45, 2.75) is 19.5 Å². The molecule has 0 aliphatic carbocycles. The molecule has 0 spiro atoms. The number of allylic oxidation sites excluding steroid dienone is 2. The van der Waals surface area contributed by atoms with Crippen LogP contribution < -0.4 is 10.5 Å². The van der Waals surface area contributed by atoms with Gasteiger partial charge in [-0.25, -0.2) is 9.18 Å². The molecule has 2 N–H and O–H groups in total. The molecular formula is C22H18FN3O3. The zero-order chi connectivity index (χ0) is 21.2. The maximum Gasteiger partial charge on any atom is 0.409 e. The van der Waals surface area contributed by atoms with Crippen molar-refractivity contribution in [3.63, 3.8) is 0 Å². The number of rotatable bonds is 3. The van der Waals surface area contributed by atoms with E-state index in [-0.39, 0.29) is 5.75 Å². The first-order valence-corrected chi connectivity index (χ1v) is 8.73. The first-order chi connectivity index (χ1) is 13.7. The van der Waals surface area contributed by atoms with Gasteiger partial charge in [-0.1, -0.05) is 18.2 Å². The molecule has 0 saturated carbocycles. The Hall–Kier alpha value is -3.92. The molecule has 1 heterocycles. The number of primary amides is 1. The van der Waals surface area contributed by atoms with Gasteiger partial charge in [0.1, 0.15) is 5.75 Å². The van der Waals surface area contributed by atoms with Crippen LogP contribution in [0, 0.1) is 25.2 Å². The second-order valence-electron chi connectivity index (χ2n) is 6.65. The molecule has 1 aliphatic rings. The fraction of sp³-hybridized carbons (Fsp3) is 0.136. The van der Waals surface area contributed by atoms with Crippen molar-refractivity contribution in [2.75, 3.05) is 0 Å². The van der Waals surface area contributed by atoms with Gasteiger partial charge in [-0.2, -0.15) is 5.26 Å². The van der Waals surface area contributed by atoms with Crippen LogP contribution >= 0.6 is 0 Å². The summed E-state index contributed by atoms with van der Waals surface area (Å²) in [5, 5.41) is 8.86. The summed E-state index contributed by atoms with van der Waals surface area (Å²) in [5.74, 6) is -0.222. The Morgan fingerprint density at radius 2 is 1.72 bits per heavy atom. The van der Waals surface area contributed by atoms with Crippen LogP contribution in [-0.4, -0.2) is 16.9 Å². The summed E-state index contributed by atoms with van der Waals surface area (Å²) in [6.45, 7) is 3.48. The molecule has 0 bridgehead atoms. The van der Waals surface area contributed by atoms with Crippen molar-refractivity contribution in [3.8, 4) is 11.8 Å². The molecule has 7 heteroatoms. The highest BCUT2D eigenvalue weighted by Crippen LogP contribution is 2.33. The Kier molecular flexibility index (Phi) is 5.20. The largest absolute Gasteiger partial charge is 0.410 e. The van der Waals surface area contributed by atoms with E-state index in [0.29, 0.717) is 27.8 Å². The van der Waals surface area contributed by atoms with Crippen LogP contribution in [0.3, 0.4) is 0 Å². The molecule has 0 saturated heterocycles. The van der Waals surface area contributed by atoms with Crippen molar-refractivity contribution in [1.29, 1.82) is 5.26 Å². The van der Waals surface area contributed by atoms with Crippen molar-refractivity contribution in [1.82, 2.24) is 4.90 Å². The van der Waals surface area contributed by atoms with E-state index in [4.69, 9.17) is 15.7 Å². The maximum absolute atomic E-state index is 15.3. The number of nitrogens with two attached hydrogens (primary N) is 1. The van der Waals surface area contributed by atoms with E-state index in [2.05, 4.69) is 0 Å². The third-order valence-corrected chi connectivity index (χ3v) is 4.61. The molecule has 29 heavy (non-hydrogen) atoms. The number of hydrogen-bond donors (Lipinski definition) is 1. The van der Waals surface area contributed by atoms with Gasteiger partial charge in [-0.05, 0) is 60.9 Å². The summed E-state index contributed by atoms with van der Waals surface area (Å²) in [6, 6.07) is 11.3. The number of hydrogen-bond acceptors (Lipinski definition) is 4. The second kappa shape index (κ2) is 7.60. The number of carbonyl (C=O) groups is 2. The predicted molar refractivity (Wildman–Crippen MR) is 105 cm³/mol. The van der Waals surface area contributed by atoms with Crippen LogP contribution in [0.1, 0.15) is 32.6 Å². The zero-order valence-corrected chi connectivity index (χ0v) is 15.8. The number of carbonyl (C=O) groups excluding carboxylic acids is 2. The summed E-state index contributed by atoms with van der Waals surface area (Å²) >= 11 is 0. The van der Waals surface area contributed by atoms with Crippen LogP contribution in [0.2, 0.25) is 0 Å². The van der Waals surface area contributed by atoms with Gasteiger partial charge in [-0.3, -0.25) is 9.69 Å². The smallest absolute Gasteiger partial charge is 0.409 e. The van der Waals surface area contributed by atoms with Gasteiger partial charge in [0.2, 0.25) is 0 Å². The Morgan fingerprint density at radius 3 is 2.28 bits per heavy atom. The minimum absolute atomic E-state index is 0.189. The SMILES string of the molecule is Cc1cc(C)c(C(=O)N2C=CC(F)(c3ccc(C#N)cc3)C=C2)cc1OC(N)=O. The number of halogens is 1. The normalized spacial score (nSPS) is 14.3. The summed E-state index contributed by atoms with van der Waals surface area (Å²) in [5.41, 5.74) is 5.58. The highest BCUT2D eigenvalue weighted by molar-refractivity contribution is 5.97. The Bertz CT molecular complexity index is 1070. The number of alkyl halides is 1. The van der Waals surface area contributed by atoms with Gasteiger partial charge in [-0.15, -0.1) is 0 Å². The lowest BCUT2D eigenvalue weighted by Gasteiger charge is -2.26. The molecule has 3 rings (SSSR count). The number of ether oxygens (including phenoxy) is 1. The molecule has 0 radical (unpaired) electrons. The quantitative estimate of drug-likeness (QED) is 0.856. The molecule has 6 nitrogen and oxygen atoms in total. The minimum atomic E-state index is -1.90. The van der Waals surface area contributed by atoms with E-state index in [1.165, 1.54) is 59.8 Å². The van der Waals surface area contributed by atoms with Gasteiger partial charge in [0.25, 0.3) is 5.91 Å². The van der Waals surface area contributed by atoms with E-state index >= 15 is 4.39 Å². The van der Waals surface area contributed by atoms with Gasteiger partial charge in [0, 0.05) is 18.0 Å². The molecule has 0 atom stereocenters. The maximum atomic E-state index is 15.3. The van der Waals surface area contributed by atoms with Crippen molar-refractivity contribution in [2.24, 2.45) is 5.73 Å². The first-order valence-electron chi connectivity index (χ1n) is 8.73. The molecule has 0 aromatic heterocycles. The number of aryl methyl sites for hydroxylation is 2. The number of nitriles is 1. The lowest BCUT2D eigenvalue weighted by Crippen LogP contribution is -2.27. The van der Waals surface area contributed by atoms with E-state index in [1.807, 2.05) is 6.07 Å². The highest BCUT2D eigenvalue weighted by atomic mass is 19.1. The van der Waals surface area contributed by atoms with Crippen molar-refractivity contribution >= 4 is 12.0 Å². The lowest BCUT2D eigenvalue weighted by atomic mass is 9.93. The van der Waals surface area contributed by atoms with E-state index in [1.54, 1.807) is 19.9 Å². The number of benzene rings is 2. The molecule has 2 aromatic rings. The average Bonchev–Trinajstić information content (AvgIpc) is 2.70. The summed E-state index contributed by atoms with van der Waals surface area (Å²) in [7, 11) is 0. The van der Waals surface area contributed by atoms with Crippen LogP contribution in [0.25, 0.3) is 0 Å². The molecule has 1 aliphatic heterocycles. The van der Waals surface area contributed by atoms with E-state index in [0.717, 1.165) is 0 Å². The summed E-state index contributed by atoms with van der Waals surface area (Å²) in [4.78, 5) is 25.2. The number of amides is 2. The molecule has 0 fully saturated rings. The van der Waals surface area contributed by atoms with Gasteiger partial charge in [0.05, 0.1) is 11.6 Å². The van der Waals surface area contributed by atoms with Crippen molar-refractivity contribution in [3.05, 3.63) is 88.8 Å². The lowest BCUT2D eigenvalue weighted by molar-refractivity contribution is 0.0862. The second-order valence-corrected chi connectivity index (χ2v) is 6.65. The van der Waals surface area contributed by atoms with Crippen LogP contribution in [0.5, 0.6) is 5.75 Å². The van der Waals surface area contributed by atoms with Crippen LogP contribution in [0.4, 0.5) is 9.18 Å². The van der Waals surface area contributed by atoms with Crippen molar-refractivity contribution < 1.29 is 18.7 Å². The molecule has 0 unspecified atom stereocenters. The first kappa shape index (κ1) is 19.8. The van der Waals surface area contributed by atoms with Crippen LogP contribution in [0.15, 0.2) is 61.0 Å². The van der Waals surface area contributed by atoms with Crippen LogP contribution in [-0.2, 0) is 5.67 Å². The topological polar surface area (TPSA) is 96.4 Å². The average molecular weight is 391 g/mol. The Morgan fingerprint density at radius 1 is 1.10 bits per heavy atom. The fourth-order valence-electron chi connectivity index (χ4n) is 3.03. The fourth-order valence-corrected chi connectivity index (χ4v) is 3.03. The Balaban J connectivity index is 1.86. The summed E-state index contributed by atoms with van der Waals surface area (Å²) in [6.07, 6.45) is 4.23. The molecule has 146 valence electrons. The predicted octanol–water partition coefficient (Wildman–Crippen LogP) is 3.98. The standard InChI is InChI=1S/C22H18FN3O3/c1-14-11-15(2)19(29-21(25)28)12-18(14)20(27)26-9-7-22(23,8-10-26)17-5-3-16(13-24)4-6-17/h3-12H,1-2H3,(H2,25,28). The Labute approximate surface area is 167 Å². The minimum Gasteiger partial charge on any atom is -0.410 e. The van der Waals surface area contributed by atoms with E-state index in [9.17, 15) is 9.59 Å². The molecular weight excluding hydrogens is 373 g/mol. The van der Waals surface area contributed by atoms with Gasteiger partial charge in [0.15, 0.2) is 5.67 Å². The molecule has 2 aromatic carbocycles. The van der Waals surface area contributed by atoms with Gasteiger partial charge < -0.3 is 10.5 Å². The summed E-state index contributed by atoms with van der Waals surface area (Å²) < 4.78 is 20.2. The molecule has 2 amide bonds. The van der Waals surface area contributed by atoms with Gasteiger partial charge >= 0.3 is 6.09 Å². The zero-order valence-electron chi connectivity index (χ0n) is 15.8.